The Morgan fingerprint density at radius 1 is 0.842 bits per heavy atom. The van der Waals surface area contributed by atoms with E-state index in [1.54, 1.807) is 0 Å². The van der Waals surface area contributed by atoms with Crippen molar-refractivity contribution in [3.8, 4) is 0 Å². The first kappa shape index (κ1) is 12.3. The van der Waals surface area contributed by atoms with Gasteiger partial charge in [-0.3, -0.25) is 0 Å². The molecule has 0 bridgehead atoms. The van der Waals surface area contributed by atoms with Crippen LogP contribution in [0.25, 0.3) is 21.8 Å². The summed E-state index contributed by atoms with van der Waals surface area (Å²) >= 11 is 0. The summed E-state index contributed by atoms with van der Waals surface area (Å²) in [6.45, 7) is 9.97. The summed E-state index contributed by atoms with van der Waals surface area (Å²) in [6, 6.07) is 11.2. The molecule has 0 aliphatic carbocycles. The van der Waals surface area contributed by atoms with Crippen LogP contribution in [0.5, 0.6) is 0 Å². The van der Waals surface area contributed by atoms with Crippen molar-refractivity contribution in [3.05, 3.63) is 47.0 Å². The second kappa shape index (κ2) is 4.41. The zero-order valence-electron chi connectivity index (χ0n) is 12.2. The molecule has 0 saturated carbocycles. The van der Waals surface area contributed by atoms with Crippen LogP contribution in [-0.4, -0.2) is 4.57 Å². The Labute approximate surface area is 114 Å². The van der Waals surface area contributed by atoms with Gasteiger partial charge < -0.3 is 4.57 Å². The summed E-state index contributed by atoms with van der Waals surface area (Å²) in [4.78, 5) is 0. The largest absolute Gasteiger partial charge is 0.341 e. The fraction of sp³-hybridized carbons (Fsp3) is 0.333. The average molecular weight is 251 g/mol. The summed E-state index contributed by atoms with van der Waals surface area (Å²) in [6.07, 6.45) is 1.10. The van der Waals surface area contributed by atoms with Crippen LogP contribution < -0.4 is 0 Å². The van der Waals surface area contributed by atoms with Gasteiger partial charge in [-0.05, 0) is 56.0 Å². The Kier molecular flexibility index (Phi) is 2.85. The van der Waals surface area contributed by atoms with Crippen molar-refractivity contribution in [1.82, 2.24) is 4.57 Å². The Balaban J connectivity index is 2.65. The third-order valence-electron chi connectivity index (χ3n) is 4.28. The second-order valence-corrected chi connectivity index (χ2v) is 5.32. The zero-order valence-corrected chi connectivity index (χ0v) is 12.2. The highest BCUT2D eigenvalue weighted by atomic mass is 15.0. The van der Waals surface area contributed by atoms with E-state index in [1.165, 1.54) is 38.5 Å². The predicted molar refractivity (Wildman–Crippen MR) is 84.0 cm³/mol. The lowest BCUT2D eigenvalue weighted by atomic mass is 9.98. The molecule has 3 aromatic rings. The maximum absolute atomic E-state index is 2.44. The number of nitrogens with zero attached hydrogens (tertiary/aromatic N) is 1. The van der Waals surface area contributed by atoms with Gasteiger partial charge in [0, 0.05) is 28.4 Å². The van der Waals surface area contributed by atoms with Gasteiger partial charge in [0.15, 0.2) is 0 Å². The van der Waals surface area contributed by atoms with Crippen molar-refractivity contribution in [2.24, 2.45) is 0 Å². The molecule has 1 heterocycles. The minimum Gasteiger partial charge on any atom is -0.341 e. The molecule has 0 atom stereocenters. The Morgan fingerprint density at radius 3 is 2.26 bits per heavy atom. The Morgan fingerprint density at radius 2 is 1.58 bits per heavy atom. The van der Waals surface area contributed by atoms with Crippen molar-refractivity contribution < 1.29 is 0 Å². The van der Waals surface area contributed by atoms with Gasteiger partial charge in [0.2, 0.25) is 0 Å². The van der Waals surface area contributed by atoms with Crippen LogP contribution in [-0.2, 0) is 13.0 Å². The summed E-state index contributed by atoms with van der Waals surface area (Å²) in [5, 5.41) is 2.91. The lowest BCUT2D eigenvalue weighted by Crippen LogP contribution is -1.94. The van der Waals surface area contributed by atoms with Gasteiger partial charge in [0.1, 0.15) is 0 Å². The van der Waals surface area contributed by atoms with E-state index in [4.69, 9.17) is 0 Å². The molecule has 1 nitrogen and oxygen atoms in total. The highest BCUT2D eigenvalue weighted by molar-refractivity contribution is 6.11. The monoisotopic (exact) mass is 251 g/mol. The van der Waals surface area contributed by atoms with Crippen LogP contribution in [0.3, 0.4) is 0 Å². The van der Waals surface area contributed by atoms with E-state index < -0.39 is 0 Å². The molecule has 0 aliphatic heterocycles. The van der Waals surface area contributed by atoms with Crippen molar-refractivity contribution in [2.45, 2.75) is 40.7 Å². The molecule has 2 aromatic carbocycles. The molecule has 3 rings (SSSR count). The molecule has 1 aromatic heterocycles. The number of aryl methyl sites for hydroxylation is 4. The first-order valence-electron chi connectivity index (χ1n) is 7.19. The number of rotatable bonds is 2. The molecule has 0 amide bonds. The van der Waals surface area contributed by atoms with E-state index >= 15 is 0 Å². The van der Waals surface area contributed by atoms with Gasteiger partial charge in [0.25, 0.3) is 0 Å². The number of benzene rings is 2. The van der Waals surface area contributed by atoms with Crippen molar-refractivity contribution in [2.75, 3.05) is 0 Å². The predicted octanol–water partition coefficient (Wildman–Crippen LogP) is 4.99. The zero-order chi connectivity index (χ0) is 13.6. The molecule has 0 fully saturated rings. The molecule has 0 spiro atoms. The van der Waals surface area contributed by atoms with Crippen LogP contribution in [0.1, 0.15) is 30.5 Å². The minimum atomic E-state index is 1.02. The number of aromatic nitrogens is 1. The van der Waals surface area contributed by atoms with E-state index in [0.717, 1.165) is 13.0 Å². The first-order valence-corrected chi connectivity index (χ1v) is 7.19. The molecule has 0 unspecified atom stereocenters. The van der Waals surface area contributed by atoms with Gasteiger partial charge in [0.05, 0.1) is 0 Å². The van der Waals surface area contributed by atoms with Crippen LogP contribution in [0, 0.1) is 13.8 Å². The minimum absolute atomic E-state index is 1.02. The average Bonchev–Trinajstić information content (AvgIpc) is 2.73. The molecule has 98 valence electrons. The highest BCUT2D eigenvalue weighted by Gasteiger charge is 2.14. The molecular weight excluding hydrogens is 230 g/mol. The van der Waals surface area contributed by atoms with E-state index in [2.05, 4.69) is 62.6 Å². The molecule has 1 heteroatoms. The van der Waals surface area contributed by atoms with Crippen LogP contribution in [0.15, 0.2) is 30.3 Å². The lowest BCUT2D eigenvalue weighted by molar-refractivity contribution is 0.826. The molecule has 0 radical (unpaired) electrons. The molecular formula is C18H21N. The van der Waals surface area contributed by atoms with Crippen molar-refractivity contribution in [1.29, 1.82) is 0 Å². The summed E-state index contributed by atoms with van der Waals surface area (Å²) in [5.74, 6) is 0. The van der Waals surface area contributed by atoms with Crippen LogP contribution in [0.4, 0.5) is 0 Å². The second-order valence-electron chi connectivity index (χ2n) is 5.32. The maximum Gasteiger partial charge on any atom is 0.0494 e. The van der Waals surface area contributed by atoms with E-state index in [-0.39, 0.29) is 0 Å². The molecule has 0 N–H and O–H groups in total. The first-order chi connectivity index (χ1) is 9.19. The van der Waals surface area contributed by atoms with Gasteiger partial charge in [-0.1, -0.05) is 25.1 Å². The van der Waals surface area contributed by atoms with Crippen LogP contribution >= 0.6 is 0 Å². The molecule has 19 heavy (non-hydrogen) atoms. The van der Waals surface area contributed by atoms with E-state index in [1.807, 2.05) is 0 Å². The fourth-order valence-electron chi connectivity index (χ4n) is 3.37. The highest BCUT2D eigenvalue weighted by Crippen LogP contribution is 2.35. The third-order valence-corrected chi connectivity index (χ3v) is 4.28. The molecule has 0 saturated heterocycles. The van der Waals surface area contributed by atoms with Gasteiger partial charge in [-0.2, -0.15) is 0 Å². The van der Waals surface area contributed by atoms with Crippen LogP contribution in [0.2, 0.25) is 0 Å². The lowest BCUT2D eigenvalue weighted by Gasteiger charge is -2.07. The third kappa shape index (κ3) is 1.61. The van der Waals surface area contributed by atoms with Gasteiger partial charge >= 0.3 is 0 Å². The SMILES string of the molecule is CCc1c(C)ccc2c1c1c(C)cccc1n2CC. The normalized spacial score (nSPS) is 11.6. The van der Waals surface area contributed by atoms with E-state index in [9.17, 15) is 0 Å². The summed E-state index contributed by atoms with van der Waals surface area (Å²) < 4.78 is 2.44. The number of hydrogen-bond donors (Lipinski definition) is 0. The smallest absolute Gasteiger partial charge is 0.0494 e. The van der Waals surface area contributed by atoms with Crippen molar-refractivity contribution >= 4 is 21.8 Å². The van der Waals surface area contributed by atoms with E-state index in [0.29, 0.717) is 0 Å². The Hall–Kier alpha value is -1.76. The summed E-state index contributed by atoms with van der Waals surface area (Å²) in [5.41, 5.74) is 7.06. The molecule has 0 aliphatic rings. The number of fused-ring (bicyclic) bond motifs is 3. The van der Waals surface area contributed by atoms with Crippen molar-refractivity contribution in [3.63, 3.8) is 0 Å². The van der Waals surface area contributed by atoms with Gasteiger partial charge in [-0.25, -0.2) is 0 Å². The summed E-state index contributed by atoms with van der Waals surface area (Å²) in [7, 11) is 0. The maximum atomic E-state index is 2.44. The van der Waals surface area contributed by atoms with Gasteiger partial charge in [-0.15, -0.1) is 0 Å². The number of hydrogen-bond acceptors (Lipinski definition) is 0. The Bertz CT molecular complexity index is 762. The quantitative estimate of drug-likeness (QED) is 0.604. The topological polar surface area (TPSA) is 4.93 Å². The fourth-order valence-corrected chi connectivity index (χ4v) is 3.37. The standard InChI is InChI=1S/C18H21N/c1-5-14-12(3)10-11-16-18(14)17-13(4)8-7-9-15(17)19(16)6-2/h7-11H,5-6H2,1-4H3.